The molecule has 3 aromatic rings. The third-order valence-corrected chi connectivity index (χ3v) is 4.60. The number of carbonyl (C=O) groups is 2. The molecule has 0 spiro atoms. The van der Waals surface area contributed by atoms with Crippen LogP contribution in [0, 0.1) is 12.7 Å². The summed E-state index contributed by atoms with van der Waals surface area (Å²) in [6, 6.07) is 8.77. The highest BCUT2D eigenvalue weighted by Gasteiger charge is 2.09. The molecule has 2 aromatic heterocycles. The molecule has 27 heavy (non-hydrogen) atoms. The molecule has 0 bridgehead atoms. The molecule has 0 aliphatic heterocycles. The highest BCUT2D eigenvalue weighted by molar-refractivity contribution is 7.11. The number of halogens is 1. The predicted octanol–water partition coefficient (Wildman–Crippen LogP) is 2.85. The third kappa shape index (κ3) is 5.18. The van der Waals surface area contributed by atoms with Gasteiger partial charge >= 0.3 is 0 Å². The first kappa shape index (κ1) is 18.7. The molecule has 2 amide bonds. The number of aromatic nitrogens is 2. The fourth-order valence-electron chi connectivity index (χ4n) is 2.32. The van der Waals surface area contributed by atoms with E-state index in [1.165, 1.54) is 41.8 Å². The number of hydrogen-bond donors (Lipinski definition) is 2. The number of aryl methyl sites for hydroxylation is 1. The molecular formula is C19H17FN4O2S. The number of hydrogen-bond acceptors (Lipinski definition) is 5. The summed E-state index contributed by atoms with van der Waals surface area (Å²) < 4.78 is 13.2. The molecule has 3 rings (SSSR count). The lowest BCUT2D eigenvalue weighted by Crippen LogP contribution is -2.24. The van der Waals surface area contributed by atoms with Crippen LogP contribution in [-0.4, -0.2) is 21.8 Å². The summed E-state index contributed by atoms with van der Waals surface area (Å²) >= 11 is 1.53. The van der Waals surface area contributed by atoms with Crippen LogP contribution in [0.5, 0.6) is 0 Å². The molecule has 0 aliphatic rings. The van der Waals surface area contributed by atoms with E-state index in [-0.39, 0.29) is 29.6 Å². The first-order valence-electron chi connectivity index (χ1n) is 8.19. The number of rotatable bonds is 6. The van der Waals surface area contributed by atoms with Crippen LogP contribution in [0.25, 0.3) is 0 Å². The van der Waals surface area contributed by atoms with Crippen LogP contribution in [-0.2, 0) is 13.1 Å². The van der Waals surface area contributed by atoms with Gasteiger partial charge in [0.25, 0.3) is 11.8 Å². The highest BCUT2D eigenvalue weighted by atomic mass is 32.1. The first-order chi connectivity index (χ1) is 13.0. The summed E-state index contributed by atoms with van der Waals surface area (Å²) in [6.07, 6.45) is 3.26. The maximum Gasteiger partial charge on any atom is 0.270 e. The largest absolute Gasteiger partial charge is 0.348 e. The number of amides is 2. The summed E-state index contributed by atoms with van der Waals surface area (Å²) in [6.45, 7) is 2.53. The zero-order valence-corrected chi connectivity index (χ0v) is 15.3. The lowest BCUT2D eigenvalue weighted by atomic mass is 10.2. The Hall–Kier alpha value is -3.13. The Labute approximate surface area is 159 Å². The van der Waals surface area contributed by atoms with Crippen LogP contribution in [0.2, 0.25) is 0 Å². The predicted molar refractivity (Wildman–Crippen MR) is 99.8 cm³/mol. The summed E-state index contributed by atoms with van der Waals surface area (Å²) in [4.78, 5) is 33.4. The average molecular weight is 384 g/mol. The smallest absolute Gasteiger partial charge is 0.270 e. The Morgan fingerprint density at radius 2 is 1.85 bits per heavy atom. The van der Waals surface area contributed by atoms with E-state index in [1.54, 1.807) is 18.3 Å². The summed E-state index contributed by atoms with van der Waals surface area (Å²) in [5.74, 6) is -1.12. The Morgan fingerprint density at radius 1 is 1.04 bits per heavy atom. The second-order valence-corrected chi connectivity index (χ2v) is 7.09. The maximum atomic E-state index is 13.2. The Balaban J connectivity index is 1.52. The molecule has 0 radical (unpaired) electrons. The molecule has 0 saturated heterocycles. The number of thiazole rings is 1. The van der Waals surface area contributed by atoms with Gasteiger partial charge in [-0.1, -0.05) is 12.1 Å². The topological polar surface area (TPSA) is 84.0 Å². The van der Waals surface area contributed by atoms with Crippen LogP contribution in [0.15, 0.2) is 48.8 Å². The van der Waals surface area contributed by atoms with E-state index < -0.39 is 5.82 Å². The van der Waals surface area contributed by atoms with Gasteiger partial charge in [0.2, 0.25) is 0 Å². The fraction of sp³-hybridized carbons (Fsp3) is 0.158. The van der Waals surface area contributed by atoms with Gasteiger partial charge in [0.15, 0.2) is 0 Å². The van der Waals surface area contributed by atoms with Crippen molar-refractivity contribution in [3.8, 4) is 0 Å². The van der Waals surface area contributed by atoms with Crippen LogP contribution in [0.1, 0.15) is 36.3 Å². The van der Waals surface area contributed by atoms with Gasteiger partial charge in [-0.3, -0.25) is 14.6 Å². The summed E-state index contributed by atoms with van der Waals surface area (Å²) in [5.41, 5.74) is 1.27. The van der Waals surface area contributed by atoms with Gasteiger partial charge in [0.1, 0.15) is 11.5 Å². The van der Waals surface area contributed by atoms with Gasteiger partial charge in [-0.2, -0.15) is 0 Å². The molecule has 0 atom stereocenters. The van der Waals surface area contributed by atoms with E-state index in [2.05, 4.69) is 20.6 Å². The number of nitrogens with zero attached hydrogens (tertiary/aromatic N) is 2. The molecule has 138 valence electrons. The third-order valence-electron chi connectivity index (χ3n) is 3.69. The monoisotopic (exact) mass is 384 g/mol. The molecular weight excluding hydrogens is 367 g/mol. The molecule has 2 heterocycles. The zero-order chi connectivity index (χ0) is 19.2. The second-order valence-electron chi connectivity index (χ2n) is 5.77. The van der Waals surface area contributed by atoms with Gasteiger partial charge in [0.05, 0.1) is 11.6 Å². The summed E-state index contributed by atoms with van der Waals surface area (Å²) in [7, 11) is 0. The van der Waals surface area contributed by atoms with Gasteiger partial charge < -0.3 is 10.6 Å². The van der Waals surface area contributed by atoms with E-state index in [9.17, 15) is 14.0 Å². The van der Waals surface area contributed by atoms with Crippen LogP contribution >= 0.6 is 11.3 Å². The van der Waals surface area contributed by atoms with E-state index in [0.29, 0.717) is 6.54 Å². The number of benzene rings is 1. The van der Waals surface area contributed by atoms with Crippen molar-refractivity contribution in [2.75, 3.05) is 0 Å². The minimum Gasteiger partial charge on any atom is -0.348 e. The van der Waals surface area contributed by atoms with E-state index in [0.717, 1.165) is 15.4 Å². The fourth-order valence-corrected chi connectivity index (χ4v) is 3.06. The molecule has 6 nitrogen and oxygen atoms in total. The van der Waals surface area contributed by atoms with Gasteiger partial charge in [-0.25, -0.2) is 9.37 Å². The average Bonchev–Trinajstić information content (AvgIpc) is 3.10. The minimum atomic E-state index is -0.465. The lowest BCUT2D eigenvalue weighted by Gasteiger charge is -2.07. The highest BCUT2D eigenvalue weighted by Crippen LogP contribution is 2.11. The molecule has 0 fully saturated rings. The Bertz CT molecular complexity index is 956. The van der Waals surface area contributed by atoms with Crippen molar-refractivity contribution >= 4 is 23.2 Å². The van der Waals surface area contributed by atoms with E-state index >= 15 is 0 Å². The van der Waals surface area contributed by atoms with Crippen molar-refractivity contribution in [2.24, 2.45) is 0 Å². The molecule has 0 saturated carbocycles. The second kappa shape index (κ2) is 8.50. The lowest BCUT2D eigenvalue weighted by molar-refractivity contribution is 0.0938. The Morgan fingerprint density at radius 3 is 2.52 bits per heavy atom. The SMILES string of the molecule is Cc1ncc(CNC(=O)c2ccc(CNC(=O)c3cccc(F)c3)cn2)s1. The number of carbonyl (C=O) groups excluding carboxylic acids is 2. The van der Waals surface area contributed by atoms with Crippen LogP contribution < -0.4 is 10.6 Å². The van der Waals surface area contributed by atoms with Crippen LogP contribution in [0.3, 0.4) is 0 Å². The molecule has 0 unspecified atom stereocenters. The quantitative estimate of drug-likeness (QED) is 0.685. The normalized spacial score (nSPS) is 10.4. The van der Waals surface area contributed by atoms with E-state index in [1.807, 2.05) is 6.92 Å². The van der Waals surface area contributed by atoms with Gasteiger partial charge in [-0.05, 0) is 36.8 Å². The van der Waals surface area contributed by atoms with Crippen molar-refractivity contribution < 1.29 is 14.0 Å². The van der Waals surface area contributed by atoms with Crippen molar-refractivity contribution in [1.29, 1.82) is 0 Å². The molecule has 1 aromatic carbocycles. The van der Waals surface area contributed by atoms with Gasteiger partial charge in [-0.15, -0.1) is 11.3 Å². The zero-order valence-electron chi connectivity index (χ0n) is 14.5. The Kier molecular flexibility index (Phi) is 5.87. The summed E-state index contributed by atoms with van der Waals surface area (Å²) in [5, 5.41) is 6.42. The number of nitrogens with one attached hydrogen (secondary N) is 2. The first-order valence-corrected chi connectivity index (χ1v) is 9.01. The van der Waals surface area contributed by atoms with Crippen molar-refractivity contribution in [3.63, 3.8) is 0 Å². The molecule has 0 aliphatic carbocycles. The number of pyridine rings is 1. The van der Waals surface area contributed by atoms with Crippen molar-refractivity contribution in [1.82, 2.24) is 20.6 Å². The van der Waals surface area contributed by atoms with Crippen molar-refractivity contribution in [3.05, 3.63) is 81.3 Å². The van der Waals surface area contributed by atoms with Crippen LogP contribution in [0.4, 0.5) is 4.39 Å². The molecule has 2 N–H and O–H groups in total. The van der Waals surface area contributed by atoms with E-state index in [4.69, 9.17) is 0 Å². The minimum absolute atomic E-state index is 0.227. The van der Waals surface area contributed by atoms with Crippen molar-refractivity contribution in [2.45, 2.75) is 20.0 Å². The molecule has 8 heteroatoms. The standard InChI is InChI=1S/C19H17FN4O2S/c1-12-21-10-16(27-12)11-24-19(26)17-6-5-13(8-22-17)9-23-18(25)14-3-2-4-15(20)7-14/h2-8,10H,9,11H2,1H3,(H,23,25)(H,24,26). The van der Waals surface area contributed by atoms with Gasteiger partial charge in [0, 0.05) is 29.4 Å². The maximum absolute atomic E-state index is 13.2.